The van der Waals surface area contributed by atoms with Gasteiger partial charge in [-0.2, -0.15) is 11.8 Å². The topological polar surface area (TPSA) is 60.0 Å². The fourth-order valence-corrected chi connectivity index (χ4v) is 4.18. The van der Waals surface area contributed by atoms with E-state index in [2.05, 4.69) is 28.7 Å². The smallest absolute Gasteiger partial charge is 0.219 e. The Balaban J connectivity index is 1.72. The monoisotopic (exact) mass is 355 g/mol. The number of piperazine rings is 1. The first-order valence-corrected chi connectivity index (χ1v) is 10.5. The second-order valence-electron chi connectivity index (χ2n) is 6.62. The summed E-state index contributed by atoms with van der Waals surface area (Å²) in [7, 11) is 0. The van der Waals surface area contributed by atoms with Gasteiger partial charge in [-0.25, -0.2) is 0 Å². The number of guanidine groups is 1. The minimum Gasteiger partial charge on any atom is -0.357 e. The highest BCUT2D eigenvalue weighted by atomic mass is 32.2. The van der Waals surface area contributed by atoms with Crippen LogP contribution in [0.25, 0.3) is 0 Å². The highest BCUT2D eigenvalue weighted by Crippen LogP contribution is 2.27. The van der Waals surface area contributed by atoms with Crippen LogP contribution in [-0.4, -0.2) is 85.0 Å². The quantitative estimate of drug-likeness (QED) is 0.550. The molecular formula is C17H33N5OS. The van der Waals surface area contributed by atoms with Crippen molar-refractivity contribution in [2.45, 2.75) is 44.4 Å². The van der Waals surface area contributed by atoms with E-state index in [1.54, 1.807) is 6.92 Å². The van der Waals surface area contributed by atoms with Gasteiger partial charge in [0.15, 0.2) is 5.96 Å². The zero-order chi connectivity index (χ0) is 17.4. The predicted molar refractivity (Wildman–Crippen MR) is 103 cm³/mol. The van der Waals surface area contributed by atoms with Crippen molar-refractivity contribution in [1.29, 1.82) is 0 Å². The molecule has 0 aromatic heterocycles. The van der Waals surface area contributed by atoms with Gasteiger partial charge >= 0.3 is 0 Å². The van der Waals surface area contributed by atoms with Crippen molar-refractivity contribution in [3.05, 3.63) is 0 Å². The van der Waals surface area contributed by atoms with Crippen LogP contribution < -0.4 is 10.6 Å². The van der Waals surface area contributed by atoms with Crippen LogP contribution in [0.3, 0.4) is 0 Å². The minimum absolute atomic E-state index is 0.186. The highest BCUT2D eigenvalue weighted by molar-refractivity contribution is 7.99. The molecule has 2 rings (SSSR count). The number of nitrogens with one attached hydrogen (secondary N) is 2. The van der Waals surface area contributed by atoms with Gasteiger partial charge in [0, 0.05) is 57.5 Å². The molecule has 1 amide bonds. The lowest BCUT2D eigenvalue weighted by Gasteiger charge is -2.33. The molecule has 2 N–H and O–H groups in total. The fourth-order valence-electron chi connectivity index (χ4n) is 3.39. The Labute approximate surface area is 150 Å². The third-order valence-electron chi connectivity index (χ3n) is 4.91. The zero-order valence-electron chi connectivity index (χ0n) is 15.4. The van der Waals surface area contributed by atoms with Crippen molar-refractivity contribution in [2.75, 3.05) is 52.1 Å². The number of amides is 1. The minimum atomic E-state index is 0.186. The number of hydrogen-bond acceptors (Lipinski definition) is 4. The van der Waals surface area contributed by atoms with Crippen LogP contribution in [-0.2, 0) is 4.79 Å². The summed E-state index contributed by atoms with van der Waals surface area (Å²) < 4.78 is 0. The maximum absolute atomic E-state index is 11.4. The van der Waals surface area contributed by atoms with Crippen molar-refractivity contribution in [3.8, 4) is 0 Å². The third kappa shape index (κ3) is 6.16. The zero-order valence-corrected chi connectivity index (χ0v) is 16.2. The van der Waals surface area contributed by atoms with Gasteiger partial charge in [0.25, 0.3) is 0 Å². The van der Waals surface area contributed by atoms with E-state index in [-0.39, 0.29) is 5.91 Å². The number of carbonyl (C=O) groups is 1. The van der Waals surface area contributed by atoms with Crippen LogP contribution in [0.5, 0.6) is 0 Å². The van der Waals surface area contributed by atoms with Crippen LogP contribution in [0, 0.1) is 0 Å². The van der Waals surface area contributed by atoms with Crippen molar-refractivity contribution in [2.24, 2.45) is 4.99 Å². The molecule has 0 aromatic carbocycles. The average molecular weight is 356 g/mol. The Morgan fingerprint density at radius 1 is 1.25 bits per heavy atom. The van der Waals surface area contributed by atoms with Crippen LogP contribution in [0.1, 0.15) is 33.1 Å². The van der Waals surface area contributed by atoms with Crippen LogP contribution in [0.4, 0.5) is 0 Å². The van der Waals surface area contributed by atoms with Gasteiger partial charge in [-0.1, -0.05) is 0 Å². The summed E-state index contributed by atoms with van der Waals surface area (Å²) in [5.41, 5.74) is 0. The summed E-state index contributed by atoms with van der Waals surface area (Å²) in [4.78, 5) is 20.4. The van der Waals surface area contributed by atoms with Crippen molar-refractivity contribution in [1.82, 2.24) is 20.4 Å². The number of aliphatic imine (C=N–C) groups is 1. The molecule has 0 bridgehead atoms. The van der Waals surface area contributed by atoms with E-state index >= 15 is 0 Å². The standard InChI is InChI=1S/C17H33N5OS/c1-4-18-17(20-15-5-6-16(13-15)24-3)19-7-8-21-9-11-22(12-10-21)14(2)23/h15-16H,4-13H2,1-3H3,(H2,18,19,20). The normalized spacial score (nSPS) is 25.8. The number of carbonyl (C=O) groups excluding carboxylic acids is 1. The largest absolute Gasteiger partial charge is 0.357 e. The predicted octanol–water partition coefficient (Wildman–Crippen LogP) is 0.990. The second kappa shape index (κ2) is 10.1. The second-order valence-corrected chi connectivity index (χ2v) is 7.76. The molecule has 1 aliphatic heterocycles. The van der Waals surface area contributed by atoms with E-state index in [9.17, 15) is 4.79 Å². The Morgan fingerprint density at radius 2 is 2.00 bits per heavy atom. The summed E-state index contributed by atoms with van der Waals surface area (Å²) >= 11 is 1.98. The molecule has 2 atom stereocenters. The molecule has 0 radical (unpaired) electrons. The number of thioether (sulfide) groups is 1. The van der Waals surface area contributed by atoms with E-state index < -0.39 is 0 Å². The first-order valence-electron chi connectivity index (χ1n) is 9.17. The molecule has 1 heterocycles. The maximum Gasteiger partial charge on any atom is 0.219 e. The number of nitrogens with zero attached hydrogens (tertiary/aromatic N) is 3. The molecule has 1 aliphatic carbocycles. The lowest BCUT2D eigenvalue weighted by Crippen LogP contribution is -2.48. The van der Waals surface area contributed by atoms with E-state index in [1.165, 1.54) is 19.3 Å². The molecule has 1 saturated heterocycles. The van der Waals surface area contributed by atoms with Crippen molar-refractivity contribution < 1.29 is 4.79 Å². The molecule has 0 spiro atoms. The van der Waals surface area contributed by atoms with Crippen LogP contribution in [0.15, 0.2) is 4.99 Å². The Kier molecular flexibility index (Phi) is 8.18. The molecule has 1 saturated carbocycles. The summed E-state index contributed by atoms with van der Waals surface area (Å²) in [6, 6.07) is 0.555. The van der Waals surface area contributed by atoms with E-state index in [1.807, 2.05) is 16.7 Å². The SMILES string of the molecule is CCNC(=NCCN1CCN(C(C)=O)CC1)NC1CCC(SC)C1. The van der Waals surface area contributed by atoms with Gasteiger partial charge in [-0.05, 0) is 32.4 Å². The number of rotatable bonds is 6. The fraction of sp³-hybridized carbons (Fsp3) is 0.882. The molecule has 138 valence electrons. The van der Waals surface area contributed by atoms with Crippen molar-refractivity contribution >= 4 is 23.6 Å². The summed E-state index contributed by atoms with van der Waals surface area (Å²) in [5, 5.41) is 7.75. The number of hydrogen-bond donors (Lipinski definition) is 2. The Morgan fingerprint density at radius 3 is 2.58 bits per heavy atom. The first kappa shape index (κ1) is 19.4. The molecule has 2 aliphatic rings. The molecule has 2 unspecified atom stereocenters. The highest BCUT2D eigenvalue weighted by Gasteiger charge is 2.24. The Bertz CT molecular complexity index is 423. The molecular weight excluding hydrogens is 322 g/mol. The van der Waals surface area contributed by atoms with Gasteiger partial charge < -0.3 is 15.5 Å². The summed E-state index contributed by atoms with van der Waals surface area (Å²) in [6.07, 6.45) is 5.98. The van der Waals surface area contributed by atoms with Gasteiger partial charge in [0.1, 0.15) is 0 Å². The summed E-state index contributed by atoms with van der Waals surface area (Å²) in [6.45, 7) is 10.0. The van der Waals surface area contributed by atoms with Gasteiger partial charge in [-0.3, -0.25) is 14.7 Å². The van der Waals surface area contributed by atoms with E-state index in [4.69, 9.17) is 4.99 Å². The average Bonchev–Trinajstić information content (AvgIpc) is 3.03. The lowest BCUT2D eigenvalue weighted by atomic mass is 10.2. The van der Waals surface area contributed by atoms with E-state index in [0.29, 0.717) is 6.04 Å². The maximum atomic E-state index is 11.4. The van der Waals surface area contributed by atoms with Crippen LogP contribution >= 0.6 is 11.8 Å². The van der Waals surface area contributed by atoms with E-state index in [0.717, 1.165) is 57.0 Å². The summed E-state index contributed by atoms with van der Waals surface area (Å²) in [5.74, 6) is 1.14. The molecule has 6 nitrogen and oxygen atoms in total. The Hall–Kier alpha value is -0.950. The first-order chi connectivity index (χ1) is 11.6. The van der Waals surface area contributed by atoms with Crippen LogP contribution in [0.2, 0.25) is 0 Å². The molecule has 2 fully saturated rings. The third-order valence-corrected chi connectivity index (χ3v) is 6.00. The van der Waals surface area contributed by atoms with Gasteiger partial charge in [-0.15, -0.1) is 0 Å². The molecule has 0 aromatic rings. The molecule has 24 heavy (non-hydrogen) atoms. The van der Waals surface area contributed by atoms with Crippen molar-refractivity contribution in [3.63, 3.8) is 0 Å². The van der Waals surface area contributed by atoms with Gasteiger partial charge in [0.05, 0.1) is 6.54 Å². The molecule has 7 heteroatoms. The van der Waals surface area contributed by atoms with Gasteiger partial charge in [0.2, 0.25) is 5.91 Å². The lowest BCUT2D eigenvalue weighted by molar-refractivity contribution is -0.130.